The monoisotopic (exact) mass is 368 g/mol. The lowest BCUT2D eigenvalue weighted by Crippen LogP contribution is -1.98. The smallest absolute Gasteiger partial charge is 0.261 e. The van der Waals surface area contributed by atoms with Gasteiger partial charge >= 0.3 is 0 Å². The Morgan fingerprint density at radius 3 is 2.38 bits per heavy atom. The van der Waals surface area contributed by atoms with Gasteiger partial charge in [0.15, 0.2) is 5.75 Å². The van der Waals surface area contributed by atoms with Gasteiger partial charge in [-0.1, -0.05) is 23.2 Å². The van der Waals surface area contributed by atoms with Crippen molar-refractivity contribution in [3.05, 3.63) is 40.1 Å². The molecule has 0 unspecified atom stereocenters. The molecular formula is C12H11Cl3N2O3S. The highest BCUT2D eigenvalue weighted by Crippen LogP contribution is 2.36. The molecule has 0 aliphatic rings. The summed E-state index contributed by atoms with van der Waals surface area (Å²) in [5.41, 5.74) is 0.845. The summed E-state index contributed by atoms with van der Waals surface area (Å²) in [6.45, 7) is 2.94. The first-order valence-electron chi connectivity index (χ1n) is 5.89. The summed E-state index contributed by atoms with van der Waals surface area (Å²) in [6, 6.07) is 2.39. The number of aryl methyl sites for hydroxylation is 1. The van der Waals surface area contributed by atoms with E-state index in [4.69, 9.17) is 38.6 Å². The first-order valence-corrected chi connectivity index (χ1v) is 8.95. The van der Waals surface area contributed by atoms with Crippen molar-refractivity contribution in [3.8, 4) is 5.75 Å². The van der Waals surface area contributed by atoms with Crippen molar-refractivity contribution in [2.75, 3.05) is 0 Å². The Bertz CT molecular complexity index is 736. The third-order valence-corrected chi connectivity index (χ3v) is 4.54. The van der Waals surface area contributed by atoms with E-state index >= 15 is 0 Å². The maximum Gasteiger partial charge on any atom is 0.261 e. The van der Waals surface area contributed by atoms with E-state index in [0.29, 0.717) is 0 Å². The van der Waals surface area contributed by atoms with Crippen molar-refractivity contribution in [1.82, 2.24) is 9.78 Å². The molecule has 9 heteroatoms. The number of nitrogens with zero attached hydrogens (tertiary/aromatic N) is 2. The second kappa shape index (κ2) is 6.44. The molecular weight excluding hydrogens is 359 g/mol. The van der Waals surface area contributed by atoms with E-state index in [1.54, 1.807) is 10.9 Å². The second-order valence-corrected chi connectivity index (χ2v) is 7.53. The highest BCUT2D eigenvalue weighted by atomic mass is 35.7. The van der Waals surface area contributed by atoms with Crippen molar-refractivity contribution in [3.63, 3.8) is 0 Å². The van der Waals surface area contributed by atoms with Crippen LogP contribution in [0.5, 0.6) is 5.75 Å². The topological polar surface area (TPSA) is 61.2 Å². The van der Waals surface area contributed by atoms with E-state index in [0.717, 1.165) is 12.1 Å². The molecule has 21 heavy (non-hydrogen) atoms. The zero-order valence-corrected chi connectivity index (χ0v) is 14.0. The first kappa shape index (κ1) is 16.4. The summed E-state index contributed by atoms with van der Waals surface area (Å²) in [6.07, 6.45) is 3.50. The van der Waals surface area contributed by atoms with E-state index < -0.39 is 9.05 Å². The number of hydrogen-bond acceptors (Lipinski definition) is 4. The molecule has 0 N–H and O–H groups in total. The Kier molecular flexibility index (Phi) is 5.03. The summed E-state index contributed by atoms with van der Waals surface area (Å²) >= 11 is 12.0. The fourth-order valence-electron chi connectivity index (χ4n) is 1.62. The van der Waals surface area contributed by atoms with Crippen LogP contribution in [0.25, 0.3) is 0 Å². The lowest BCUT2D eigenvalue weighted by Gasteiger charge is -2.10. The first-order chi connectivity index (χ1) is 9.81. The molecule has 114 valence electrons. The van der Waals surface area contributed by atoms with Gasteiger partial charge < -0.3 is 4.74 Å². The van der Waals surface area contributed by atoms with E-state index in [9.17, 15) is 8.42 Å². The van der Waals surface area contributed by atoms with Gasteiger partial charge in [0.25, 0.3) is 9.05 Å². The molecule has 1 aromatic carbocycles. The predicted octanol–water partition coefficient (Wildman–Crippen LogP) is 3.72. The molecule has 2 aromatic rings. The highest BCUT2D eigenvalue weighted by Gasteiger charge is 2.17. The summed E-state index contributed by atoms with van der Waals surface area (Å²) in [7, 11) is 1.35. The van der Waals surface area contributed by atoms with Gasteiger partial charge in [-0.3, -0.25) is 4.68 Å². The van der Waals surface area contributed by atoms with Crippen LogP contribution in [0.2, 0.25) is 10.0 Å². The zero-order chi connectivity index (χ0) is 15.6. The van der Waals surface area contributed by atoms with Crippen LogP contribution >= 0.6 is 33.9 Å². The Balaban J connectivity index is 2.21. The van der Waals surface area contributed by atoms with E-state index in [-0.39, 0.29) is 27.3 Å². The third-order valence-electron chi connectivity index (χ3n) is 2.65. The van der Waals surface area contributed by atoms with Crippen LogP contribution in [-0.4, -0.2) is 18.2 Å². The molecule has 0 atom stereocenters. The summed E-state index contributed by atoms with van der Waals surface area (Å²) in [4.78, 5) is -0.176. The van der Waals surface area contributed by atoms with Gasteiger partial charge in [0.2, 0.25) is 0 Å². The van der Waals surface area contributed by atoms with E-state index in [2.05, 4.69) is 5.10 Å². The van der Waals surface area contributed by atoms with Gasteiger partial charge in [-0.05, 0) is 19.1 Å². The average Bonchev–Trinajstić information content (AvgIpc) is 2.84. The fraction of sp³-hybridized carbons (Fsp3) is 0.250. The lowest BCUT2D eigenvalue weighted by atomic mass is 10.3. The molecule has 1 aromatic heterocycles. The van der Waals surface area contributed by atoms with Gasteiger partial charge in [-0.25, -0.2) is 8.42 Å². The Morgan fingerprint density at radius 2 is 1.90 bits per heavy atom. The van der Waals surface area contributed by atoms with Gasteiger partial charge in [-0.2, -0.15) is 5.10 Å². The van der Waals surface area contributed by atoms with Crippen LogP contribution in [0.3, 0.4) is 0 Å². The van der Waals surface area contributed by atoms with Crippen LogP contribution < -0.4 is 4.74 Å². The Hall–Kier alpha value is -0.950. The molecule has 2 rings (SSSR count). The quantitative estimate of drug-likeness (QED) is 0.754. The summed E-state index contributed by atoms with van der Waals surface area (Å²) in [5, 5.41) is 4.26. The van der Waals surface area contributed by atoms with Gasteiger partial charge in [0.1, 0.15) is 6.61 Å². The molecule has 0 radical (unpaired) electrons. The standard InChI is InChI=1S/C12H11Cl3N2O3S/c1-2-17-6-8(5-16-17)7-20-12-10(13)3-9(4-11(12)14)21(15,18)19/h3-6H,2,7H2,1H3. The number of halogens is 3. The molecule has 0 aliphatic carbocycles. The molecule has 0 spiro atoms. The molecule has 0 saturated carbocycles. The number of aromatic nitrogens is 2. The summed E-state index contributed by atoms with van der Waals surface area (Å²) < 4.78 is 29.8. The minimum atomic E-state index is -3.90. The van der Waals surface area contributed by atoms with E-state index in [1.165, 1.54) is 12.1 Å². The van der Waals surface area contributed by atoms with Gasteiger partial charge in [0, 0.05) is 29.0 Å². The minimum absolute atomic E-state index is 0.0737. The molecule has 0 saturated heterocycles. The SMILES string of the molecule is CCn1cc(COc2c(Cl)cc(S(=O)(=O)Cl)cc2Cl)cn1. The van der Waals surface area contributed by atoms with Crippen molar-refractivity contribution < 1.29 is 13.2 Å². The van der Waals surface area contributed by atoms with Crippen LogP contribution in [0.1, 0.15) is 12.5 Å². The fourth-order valence-corrected chi connectivity index (χ4v) is 3.13. The predicted molar refractivity (Wildman–Crippen MR) is 81.7 cm³/mol. The molecule has 1 heterocycles. The molecule has 0 fully saturated rings. The lowest BCUT2D eigenvalue weighted by molar-refractivity contribution is 0.306. The van der Waals surface area contributed by atoms with Crippen LogP contribution in [-0.2, 0) is 22.2 Å². The van der Waals surface area contributed by atoms with Crippen molar-refractivity contribution in [2.24, 2.45) is 0 Å². The van der Waals surface area contributed by atoms with Crippen molar-refractivity contribution in [2.45, 2.75) is 25.0 Å². The van der Waals surface area contributed by atoms with Crippen LogP contribution in [0.15, 0.2) is 29.4 Å². The summed E-state index contributed by atoms with van der Waals surface area (Å²) in [5.74, 6) is 0.201. The maximum absolute atomic E-state index is 11.3. The highest BCUT2D eigenvalue weighted by molar-refractivity contribution is 8.13. The largest absolute Gasteiger partial charge is 0.486 e. The third kappa shape index (κ3) is 4.03. The number of rotatable bonds is 5. The minimum Gasteiger partial charge on any atom is -0.486 e. The number of hydrogen-bond donors (Lipinski definition) is 0. The second-order valence-electron chi connectivity index (χ2n) is 4.15. The average molecular weight is 370 g/mol. The maximum atomic E-state index is 11.3. The van der Waals surface area contributed by atoms with Crippen LogP contribution in [0, 0.1) is 0 Å². The molecule has 0 amide bonds. The Morgan fingerprint density at radius 1 is 1.29 bits per heavy atom. The molecule has 0 bridgehead atoms. The molecule has 0 aliphatic heterocycles. The van der Waals surface area contributed by atoms with Gasteiger partial charge in [-0.15, -0.1) is 0 Å². The number of benzene rings is 1. The van der Waals surface area contributed by atoms with Crippen molar-refractivity contribution >= 4 is 42.9 Å². The normalized spacial score (nSPS) is 11.6. The Labute approximate surface area is 136 Å². The van der Waals surface area contributed by atoms with Crippen molar-refractivity contribution in [1.29, 1.82) is 0 Å². The van der Waals surface area contributed by atoms with Crippen LogP contribution in [0.4, 0.5) is 0 Å². The number of ether oxygens (including phenoxy) is 1. The zero-order valence-electron chi connectivity index (χ0n) is 10.9. The van der Waals surface area contributed by atoms with E-state index in [1.807, 2.05) is 13.1 Å². The van der Waals surface area contributed by atoms with Gasteiger partial charge in [0.05, 0.1) is 21.1 Å². The molecule has 5 nitrogen and oxygen atoms in total.